The van der Waals surface area contributed by atoms with Gasteiger partial charge in [-0.25, -0.2) is 0 Å². The molecular formula is C22H15Cl2NO4. The number of nitrogens with zero attached hydrogens (tertiary/aromatic N) is 1. The first-order chi connectivity index (χ1) is 13.9. The van der Waals surface area contributed by atoms with Gasteiger partial charge in [0.2, 0.25) is 0 Å². The van der Waals surface area contributed by atoms with Gasteiger partial charge in [0.25, 0.3) is 11.7 Å². The Bertz CT molecular complexity index is 1130. The lowest BCUT2D eigenvalue weighted by Crippen LogP contribution is -2.29. The van der Waals surface area contributed by atoms with Gasteiger partial charge in [0, 0.05) is 21.3 Å². The normalized spacial score (nSPS) is 18.4. The van der Waals surface area contributed by atoms with Gasteiger partial charge in [-0.15, -0.1) is 0 Å². The van der Waals surface area contributed by atoms with Crippen molar-refractivity contribution in [2.75, 3.05) is 4.90 Å². The Kier molecular flexibility index (Phi) is 4.94. The molecule has 146 valence electrons. The summed E-state index contributed by atoms with van der Waals surface area (Å²) in [7, 11) is 0. The van der Waals surface area contributed by atoms with E-state index in [4.69, 9.17) is 27.6 Å². The van der Waals surface area contributed by atoms with Gasteiger partial charge in [-0.2, -0.15) is 0 Å². The molecule has 1 amide bonds. The Morgan fingerprint density at radius 2 is 1.72 bits per heavy atom. The van der Waals surface area contributed by atoms with Crippen LogP contribution in [0.2, 0.25) is 10.0 Å². The lowest BCUT2D eigenvalue weighted by atomic mass is 9.99. The second kappa shape index (κ2) is 7.43. The van der Waals surface area contributed by atoms with Crippen LogP contribution in [0.15, 0.2) is 70.9 Å². The van der Waals surface area contributed by atoms with Gasteiger partial charge in [-0.3, -0.25) is 14.5 Å². The first kappa shape index (κ1) is 19.3. The summed E-state index contributed by atoms with van der Waals surface area (Å²) in [6.07, 6.45) is 1.45. The molecule has 0 bridgehead atoms. The zero-order valence-corrected chi connectivity index (χ0v) is 16.7. The molecule has 2 aromatic carbocycles. The number of rotatable bonds is 3. The number of benzene rings is 2. The third kappa shape index (κ3) is 3.33. The molecule has 1 atom stereocenters. The van der Waals surface area contributed by atoms with Crippen molar-refractivity contribution in [2.45, 2.75) is 13.0 Å². The molecule has 1 unspecified atom stereocenters. The van der Waals surface area contributed by atoms with E-state index in [1.54, 1.807) is 61.5 Å². The monoisotopic (exact) mass is 427 g/mol. The van der Waals surface area contributed by atoms with Crippen molar-refractivity contribution in [1.82, 2.24) is 0 Å². The second-order valence-electron chi connectivity index (χ2n) is 6.62. The molecule has 0 spiro atoms. The highest BCUT2D eigenvalue weighted by Gasteiger charge is 2.48. The lowest BCUT2D eigenvalue weighted by molar-refractivity contribution is -0.132. The molecule has 1 saturated heterocycles. The van der Waals surface area contributed by atoms with E-state index in [9.17, 15) is 14.7 Å². The summed E-state index contributed by atoms with van der Waals surface area (Å²) in [6, 6.07) is 13.8. The zero-order chi connectivity index (χ0) is 20.7. The molecule has 1 aliphatic heterocycles. The van der Waals surface area contributed by atoms with Gasteiger partial charge in [-0.05, 0) is 67.1 Å². The topological polar surface area (TPSA) is 70.8 Å². The first-order valence-corrected chi connectivity index (χ1v) is 9.50. The van der Waals surface area contributed by atoms with Crippen LogP contribution in [0.1, 0.15) is 22.9 Å². The number of ketones is 1. The molecule has 2 heterocycles. The smallest absolute Gasteiger partial charge is 0.300 e. The van der Waals surface area contributed by atoms with E-state index in [1.165, 1.54) is 11.2 Å². The Morgan fingerprint density at radius 3 is 2.34 bits per heavy atom. The quantitative estimate of drug-likeness (QED) is 0.339. The molecule has 0 aliphatic carbocycles. The van der Waals surface area contributed by atoms with Crippen molar-refractivity contribution in [1.29, 1.82) is 0 Å². The van der Waals surface area contributed by atoms with Crippen molar-refractivity contribution in [2.24, 2.45) is 0 Å². The number of furan rings is 1. The number of Topliss-reactive ketones (excluding diaryl/α,β-unsaturated/α-hetero) is 1. The van der Waals surface area contributed by atoms with Crippen LogP contribution in [0.4, 0.5) is 5.69 Å². The Hall–Kier alpha value is -3.02. The molecule has 0 radical (unpaired) electrons. The van der Waals surface area contributed by atoms with Crippen LogP contribution in [0.5, 0.6) is 0 Å². The SMILES string of the molecule is Cc1cc(Cl)ccc1N1C(=O)C(=O)/C(=C(\O)c2ccc(Cl)cc2)C1c1ccco1. The largest absolute Gasteiger partial charge is 0.507 e. The van der Waals surface area contributed by atoms with E-state index in [1.807, 2.05) is 0 Å². The van der Waals surface area contributed by atoms with E-state index >= 15 is 0 Å². The number of aliphatic hydroxyl groups excluding tert-OH is 1. The highest BCUT2D eigenvalue weighted by atomic mass is 35.5. The number of halogens is 2. The maximum atomic E-state index is 13.0. The van der Waals surface area contributed by atoms with Gasteiger partial charge >= 0.3 is 0 Å². The molecule has 0 saturated carbocycles. The van der Waals surface area contributed by atoms with Crippen molar-refractivity contribution in [3.8, 4) is 0 Å². The standard InChI is InChI=1S/C22H15Cl2NO4/c1-12-11-15(24)8-9-16(12)25-19(17-3-2-10-29-17)18(21(27)22(25)28)20(26)13-4-6-14(23)7-5-13/h2-11,19,26H,1H3/b20-18-. The van der Waals surface area contributed by atoms with Crippen LogP contribution in [0, 0.1) is 6.92 Å². The number of hydrogen-bond donors (Lipinski definition) is 1. The highest BCUT2D eigenvalue weighted by Crippen LogP contribution is 2.43. The van der Waals surface area contributed by atoms with Gasteiger partial charge in [0.05, 0.1) is 11.8 Å². The average molecular weight is 428 g/mol. The number of amides is 1. The summed E-state index contributed by atoms with van der Waals surface area (Å²) in [5.41, 5.74) is 1.54. The van der Waals surface area contributed by atoms with E-state index in [0.717, 1.165) is 0 Å². The van der Waals surface area contributed by atoms with E-state index < -0.39 is 17.7 Å². The van der Waals surface area contributed by atoms with E-state index in [2.05, 4.69) is 0 Å². The fourth-order valence-corrected chi connectivity index (χ4v) is 3.80. The number of aryl methyl sites for hydroxylation is 1. The fourth-order valence-electron chi connectivity index (χ4n) is 3.45. The van der Waals surface area contributed by atoms with Crippen molar-refractivity contribution < 1.29 is 19.1 Å². The minimum atomic E-state index is -0.916. The van der Waals surface area contributed by atoms with Crippen molar-refractivity contribution in [3.05, 3.63) is 93.4 Å². The summed E-state index contributed by atoms with van der Waals surface area (Å²) >= 11 is 12.0. The Labute approximate surface area is 176 Å². The number of carbonyl (C=O) groups excluding carboxylic acids is 2. The first-order valence-electron chi connectivity index (χ1n) is 8.75. The Morgan fingerprint density at radius 1 is 1.03 bits per heavy atom. The molecule has 7 heteroatoms. The van der Waals surface area contributed by atoms with Crippen LogP contribution < -0.4 is 4.90 Å². The van der Waals surface area contributed by atoms with Crippen molar-refractivity contribution >= 4 is 46.3 Å². The lowest BCUT2D eigenvalue weighted by Gasteiger charge is -2.25. The molecule has 1 aliphatic rings. The zero-order valence-electron chi connectivity index (χ0n) is 15.2. The molecule has 5 nitrogen and oxygen atoms in total. The van der Waals surface area contributed by atoms with Gasteiger partial charge < -0.3 is 9.52 Å². The summed E-state index contributed by atoms with van der Waals surface area (Å²) < 4.78 is 5.53. The maximum Gasteiger partial charge on any atom is 0.300 e. The second-order valence-corrected chi connectivity index (χ2v) is 7.50. The predicted molar refractivity (Wildman–Crippen MR) is 111 cm³/mol. The summed E-state index contributed by atoms with van der Waals surface area (Å²) in [5, 5.41) is 11.9. The molecule has 3 aromatic rings. The van der Waals surface area contributed by atoms with Gasteiger partial charge in [0.1, 0.15) is 17.6 Å². The number of hydrogen-bond acceptors (Lipinski definition) is 4. The van der Waals surface area contributed by atoms with Gasteiger partial charge in [0.15, 0.2) is 0 Å². The van der Waals surface area contributed by atoms with Crippen LogP contribution in [-0.2, 0) is 9.59 Å². The molecule has 1 N–H and O–H groups in total. The van der Waals surface area contributed by atoms with Crippen LogP contribution >= 0.6 is 23.2 Å². The third-order valence-electron chi connectivity index (χ3n) is 4.79. The number of anilines is 1. The van der Waals surface area contributed by atoms with Crippen LogP contribution in [0.25, 0.3) is 5.76 Å². The molecule has 29 heavy (non-hydrogen) atoms. The number of carbonyl (C=O) groups is 2. The minimum absolute atomic E-state index is 0.0541. The van der Waals surface area contributed by atoms with Crippen LogP contribution in [-0.4, -0.2) is 16.8 Å². The molecule has 1 aromatic heterocycles. The maximum absolute atomic E-state index is 13.0. The molecule has 1 fully saturated rings. The van der Waals surface area contributed by atoms with E-state index in [-0.39, 0.29) is 11.3 Å². The van der Waals surface area contributed by atoms with Crippen LogP contribution in [0.3, 0.4) is 0 Å². The summed E-state index contributed by atoms with van der Waals surface area (Å²) in [5.74, 6) is -1.50. The molecule has 4 rings (SSSR count). The van der Waals surface area contributed by atoms with E-state index in [0.29, 0.717) is 32.6 Å². The van der Waals surface area contributed by atoms with Crippen molar-refractivity contribution in [3.63, 3.8) is 0 Å². The third-order valence-corrected chi connectivity index (χ3v) is 5.28. The molecular weight excluding hydrogens is 413 g/mol. The van der Waals surface area contributed by atoms with Gasteiger partial charge in [-0.1, -0.05) is 23.2 Å². The fraction of sp³-hybridized carbons (Fsp3) is 0.0909. The predicted octanol–water partition coefficient (Wildman–Crippen LogP) is 5.52. The Balaban J connectivity index is 1.94. The average Bonchev–Trinajstić information content (AvgIpc) is 3.30. The minimum Gasteiger partial charge on any atom is -0.507 e. The summed E-state index contributed by atoms with van der Waals surface area (Å²) in [4.78, 5) is 27.3. The summed E-state index contributed by atoms with van der Waals surface area (Å²) in [6.45, 7) is 1.79. The number of aliphatic hydroxyl groups is 1. The highest BCUT2D eigenvalue weighted by molar-refractivity contribution is 6.51.